The molecule has 0 aliphatic heterocycles. The molecular weight excluding hydrogens is 440 g/mol. The summed E-state index contributed by atoms with van der Waals surface area (Å²) in [6.45, 7) is 3.48. The Hall–Kier alpha value is -1.84. The SMILES string of the molecule is CCOC(=O)c1c(NC(=O)CSc2ccc(Br)cc2)sc(C(N)=O)c1C. The number of rotatable bonds is 7. The van der Waals surface area contributed by atoms with Crippen LogP contribution in [0.3, 0.4) is 0 Å². The molecule has 0 unspecified atom stereocenters. The van der Waals surface area contributed by atoms with Gasteiger partial charge in [-0.1, -0.05) is 15.9 Å². The molecule has 2 amide bonds. The van der Waals surface area contributed by atoms with E-state index in [1.807, 2.05) is 24.3 Å². The number of ether oxygens (including phenoxy) is 1. The smallest absolute Gasteiger partial charge is 0.341 e. The van der Waals surface area contributed by atoms with E-state index in [-0.39, 0.29) is 33.7 Å². The molecule has 0 radical (unpaired) electrons. The van der Waals surface area contributed by atoms with Crippen molar-refractivity contribution in [1.29, 1.82) is 0 Å². The third kappa shape index (κ3) is 5.09. The van der Waals surface area contributed by atoms with Crippen LogP contribution in [0.5, 0.6) is 0 Å². The van der Waals surface area contributed by atoms with E-state index < -0.39 is 11.9 Å². The molecule has 0 atom stereocenters. The molecule has 2 aromatic rings. The molecule has 0 saturated heterocycles. The molecule has 26 heavy (non-hydrogen) atoms. The predicted octanol–water partition coefficient (Wildman–Crippen LogP) is 3.83. The van der Waals surface area contributed by atoms with Crippen LogP contribution in [-0.4, -0.2) is 30.1 Å². The van der Waals surface area contributed by atoms with Crippen LogP contribution in [0.15, 0.2) is 33.6 Å². The maximum atomic E-state index is 12.3. The lowest BCUT2D eigenvalue weighted by Crippen LogP contribution is -2.16. The van der Waals surface area contributed by atoms with Gasteiger partial charge in [0.25, 0.3) is 5.91 Å². The van der Waals surface area contributed by atoms with Gasteiger partial charge in [0.15, 0.2) is 0 Å². The fourth-order valence-electron chi connectivity index (χ4n) is 2.13. The Bertz CT molecular complexity index is 834. The molecular formula is C17H17BrN2O4S2. The Morgan fingerprint density at radius 1 is 1.27 bits per heavy atom. The second-order valence-electron chi connectivity index (χ2n) is 5.14. The summed E-state index contributed by atoms with van der Waals surface area (Å²) >= 11 is 5.70. The van der Waals surface area contributed by atoms with Gasteiger partial charge in [-0.2, -0.15) is 0 Å². The van der Waals surface area contributed by atoms with Crippen LogP contribution in [0.2, 0.25) is 0 Å². The van der Waals surface area contributed by atoms with Gasteiger partial charge in [0, 0.05) is 9.37 Å². The molecule has 0 saturated carbocycles. The van der Waals surface area contributed by atoms with Gasteiger partial charge < -0.3 is 15.8 Å². The van der Waals surface area contributed by atoms with Gasteiger partial charge in [0.1, 0.15) is 5.00 Å². The highest BCUT2D eigenvalue weighted by atomic mass is 79.9. The van der Waals surface area contributed by atoms with Crippen LogP contribution in [-0.2, 0) is 9.53 Å². The van der Waals surface area contributed by atoms with Crippen LogP contribution >= 0.6 is 39.0 Å². The first kappa shape index (κ1) is 20.5. The first-order valence-corrected chi connectivity index (χ1v) is 10.2. The fourth-order valence-corrected chi connectivity index (χ4v) is 4.15. The summed E-state index contributed by atoms with van der Waals surface area (Å²) in [5, 5.41) is 2.96. The second kappa shape index (κ2) is 9.20. The number of benzene rings is 1. The van der Waals surface area contributed by atoms with Crippen molar-refractivity contribution in [3.63, 3.8) is 0 Å². The van der Waals surface area contributed by atoms with Crippen LogP contribution in [0.1, 0.15) is 32.5 Å². The molecule has 0 fully saturated rings. The number of nitrogens with one attached hydrogen (secondary N) is 1. The minimum atomic E-state index is -0.650. The number of amides is 2. The summed E-state index contributed by atoms with van der Waals surface area (Å²) < 4.78 is 5.98. The van der Waals surface area contributed by atoms with E-state index in [4.69, 9.17) is 10.5 Å². The molecule has 3 N–H and O–H groups in total. The molecule has 6 nitrogen and oxygen atoms in total. The van der Waals surface area contributed by atoms with E-state index in [1.165, 1.54) is 11.8 Å². The second-order valence-corrected chi connectivity index (χ2v) is 8.12. The van der Waals surface area contributed by atoms with Gasteiger partial charge in [-0.25, -0.2) is 4.79 Å². The Balaban J connectivity index is 2.15. The zero-order valence-electron chi connectivity index (χ0n) is 14.1. The summed E-state index contributed by atoms with van der Waals surface area (Å²) in [6.07, 6.45) is 0. The summed E-state index contributed by atoms with van der Waals surface area (Å²) in [5.74, 6) is -1.37. The predicted molar refractivity (Wildman–Crippen MR) is 107 cm³/mol. The Morgan fingerprint density at radius 3 is 2.50 bits per heavy atom. The molecule has 1 aromatic heterocycles. The number of primary amides is 1. The zero-order chi connectivity index (χ0) is 19.3. The van der Waals surface area contributed by atoms with Gasteiger partial charge in [-0.15, -0.1) is 23.1 Å². The lowest BCUT2D eigenvalue weighted by Gasteiger charge is -2.07. The van der Waals surface area contributed by atoms with Crippen LogP contribution in [0.25, 0.3) is 0 Å². The number of nitrogens with two attached hydrogens (primary N) is 1. The summed E-state index contributed by atoms with van der Waals surface area (Å²) in [5.41, 5.74) is 5.93. The van der Waals surface area contributed by atoms with E-state index >= 15 is 0 Å². The number of hydrogen-bond donors (Lipinski definition) is 2. The summed E-state index contributed by atoms with van der Waals surface area (Å²) in [6, 6.07) is 7.57. The number of thiophene rings is 1. The van der Waals surface area contributed by atoms with E-state index in [9.17, 15) is 14.4 Å². The molecule has 9 heteroatoms. The van der Waals surface area contributed by atoms with Gasteiger partial charge in [-0.3, -0.25) is 9.59 Å². The third-order valence-electron chi connectivity index (χ3n) is 3.29. The average molecular weight is 457 g/mol. The molecule has 138 valence electrons. The Morgan fingerprint density at radius 2 is 1.92 bits per heavy atom. The Labute approximate surface area is 167 Å². The maximum Gasteiger partial charge on any atom is 0.341 e. The average Bonchev–Trinajstić information content (AvgIpc) is 2.91. The van der Waals surface area contributed by atoms with Gasteiger partial charge >= 0.3 is 5.97 Å². The molecule has 0 aliphatic rings. The lowest BCUT2D eigenvalue weighted by molar-refractivity contribution is -0.113. The van der Waals surface area contributed by atoms with Crippen molar-refractivity contribution < 1.29 is 19.1 Å². The minimum absolute atomic E-state index is 0.159. The highest BCUT2D eigenvalue weighted by Crippen LogP contribution is 2.33. The standard InChI is InChI=1S/C17H17BrN2O4S2/c1-3-24-17(23)13-9(2)14(15(19)22)26-16(13)20-12(21)8-25-11-6-4-10(18)5-7-11/h4-7H,3,8H2,1-2H3,(H2,19,22)(H,20,21). The van der Waals surface area contributed by atoms with Crippen molar-refractivity contribution in [2.75, 3.05) is 17.7 Å². The zero-order valence-corrected chi connectivity index (χ0v) is 17.3. The number of anilines is 1. The van der Waals surface area contributed by atoms with Crippen molar-refractivity contribution in [1.82, 2.24) is 0 Å². The third-order valence-corrected chi connectivity index (χ3v) is 6.05. The minimum Gasteiger partial charge on any atom is -0.462 e. The number of thioether (sulfide) groups is 1. The number of esters is 1. The molecule has 1 aromatic carbocycles. The normalized spacial score (nSPS) is 10.4. The van der Waals surface area contributed by atoms with E-state index in [0.29, 0.717) is 5.56 Å². The number of halogens is 1. The van der Waals surface area contributed by atoms with E-state index in [1.54, 1.807) is 13.8 Å². The molecule has 0 aliphatic carbocycles. The van der Waals surface area contributed by atoms with Crippen molar-refractivity contribution in [3.05, 3.63) is 44.7 Å². The Kier molecular flexibility index (Phi) is 7.24. The van der Waals surface area contributed by atoms with Crippen molar-refractivity contribution >= 4 is 61.8 Å². The quantitative estimate of drug-likeness (QED) is 0.487. The molecule has 1 heterocycles. The number of carbonyl (C=O) groups excluding carboxylic acids is 3. The number of hydrogen-bond acceptors (Lipinski definition) is 6. The van der Waals surface area contributed by atoms with E-state index in [2.05, 4.69) is 21.2 Å². The topological polar surface area (TPSA) is 98.5 Å². The summed E-state index contributed by atoms with van der Waals surface area (Å²) in [7, 11) is 0. The van der Waals surface area contributed by atoms with Crippen LogP contribution < -0.4 is 11.1 Å². The largest absolute Gasteiger partial charge is 0.462 e. The van der Waals surface area contributed by atoms with E-state index in [0.717, 1.165) is 20.7 Å². The monoisotopic (exact) mass is 456 g/mol. The first-order chi connectivity index (χ1) is 12.3. The maximum absolute atomic E-state index is 12.3. The van der Waals surface area contributed by atoms with Gasteiger partial charge in [-0.05, 0) is 43.7 Å². The van der Waals surface area contributed by atoms with Crippen molar-refractivity contribution in [3.8, 4) is 0 Å². The fraction of sp³-hybridized carbons (Fsp3) is 0.235. The van der Waals surface area contributed by atoms with Crippen LogP contribution in [0.4, 0.5) is 5.00 Å². The summed E-state index contributed by atoms with van der Waals surface area (Å²) in [4.78, 5) is 37.2. The molecule has 0 spiro atoms. The highest BCUT2D eigenvalue weighted by Gasteiger charge is 2.25. The molecule has 2 rings (SSSR count). The molecule has 0 bridgehead atoms. The van der Waals surface area contributed by atoms with Gasteiger partial charge in [0.05, 0.1) is 22.8 Å². The van der Waals surface area contributed by atoms with Gasteiger partial charge in [0.2, 0.25) is 5.91 Å². The van der Waals surface area contributed by atoms with Crippen molar-refractivity contribution in [2.24, 2.45) is 5.73 Å². The number of carbonyl (C=O) groups is 3. The first-order valence-electron chi connectivity index (χ1n) is 7.62. The highest BCUT2D eigenvalue weighted by molar-refractivity contribution is 9.10. The van der Waals surface area contributed by atoms with Crippen LogP contribution in [0, 0.1) is 6.92 Å². The lowest BCUT2D eigenvalue weighted by atomic mass is 10.1. The van der Waals surface area contributed by atoms with Crippen molar-refractivity contribution in [2.45, 2.75) is 18.7 Å².